The summed E-state index contributed by atoms with van der Waals surface area (Å²) in [7, 11) is 0. The van der Waals surface area contributed by atoms with Crippen LogP contribution in [0.1, 0.15) is 49.4 Å². The zero-order valence-corrected chi connectivity index (χ0v) is 12.8. The van der Waals surface area contributed by atoms with Crippen LogP contribution in [0.15, 0.2) is 16.6 Å². The van der Waals surface area contributed by atoms with Crippen LogP contribution < -0.4 is 11.3 Å². The minimum Gasteiger partial charge on any atom is -0.271 e. The summed E-state index contributed by atoms with van der Waals surface area (Å²) in [5.74, 6) is 6.38. The van der Waals surface area contributed by atoms with Crippen molar-refractivity contribution < 1.29 is 0 Å². The average Bonchev–Trinajstić information content (AvgIpc) is 2.26. The summed E-state index contributed by atoms with van der Waals surface area (Å²) in [4.78, 5) is 0. The zero-order chi connectivity index (χ0) is 13.0. The van der Waals surface area contributed by atoms with Gasteiger partial charge in [-0.05, 0) is 49.3 Å². The molecule has 0 bridgehead atoms. The first-order valence-electron chi connectivity index (χ1n) is 6.18. The van der Waals surface area contributed by atoms with Gasteiger partial charge in [0.1, 0.15) is 0 Å². The van der Waals surface area contributed by atoms with Gasteiger partial charge < -0.3 is 0 Å². The van der Waals surface area contributed by atoms with Gasteiger partial charge in [0.2, 0.25) is 0 Å². The molecule has 0 fully saturated rings. The number of aryl methyl sites for hydroxylation is 2. The molecule has 1 unspecified atom stereocenters. The molecule has 1 aromatic rings. The highest BCUT2D eigenvalue weighted by atomic mass is 79.9. The second-order valence-electron chi connectivity index (χ2n) is 5.16. The van der Waals surface area contributed by atoms with Crippen molar-refractivity contribution >= 4 is 15.9 Å². The first kappa shape index (κ1) is 14.7. The maximum absolute atomic E-state index is 5.67. The third-order valence-electron chi connectivity index (χ3n) is 3.10. The summed E-state index contributed by atoms with van der Waals surface area (Å²) in [6.07, 6.45) is 2.26. The van der Waals surface area contributed by atoms with E-state index in [1.54, 1.807) is 0 Å². The number of hydrazine groups is 1. The van der Waals surface area contributed by atoms with Gasteiger partial charge in [-0.3, -0.25) is 11.3 Å². The summed E-state index contributed by atoms with van der Waals surface area (Å²) in [5, 5.41) is 0. The summed E-state index contributed by atoms with van der Waals surface area (Å²) in [6.45, 7) is 8.73. The van der Waals surface area contributed by atoms with Gasteiger partial charge in [-0.2, -0.15) is 0 Å². The van der Waals surface area contributed by atoms with Gasteiger partial charge in [0.05, 0.1) is 0 Å². The van der Waals surface area contributed by atoms with Crippen molar-refractivity contribution in [3.05, 3.63) is 33.3 Å². The molecule has 1 rings (SSSR count). The van der Waals surface area contributed by atoms with E-state index in [4.69, 9.17) is 5.84 Å². The number of benzene rings is 1. The van der Waals surface area contributed by atoms with E-state index in [-0.39, 0.29) is 6.04 Å². The zero-order valence-electron chi connectivity index (χ0n) is 11.2. The van der Waals surface area contributed by atoms with Crippen molar-refractivity contribution in [2.45, 2.75) is 46.6 Å². The lowest BCUT2D eigenvalue weighted by Gasteiger charge is -2.19. The molecule has 2 nitrogen and oxygen atoms in total. The molecule has 17 heavy (non-hydrogen) atoms. The molecule has 0 saturated carbocycles. The normalized spacial score (nSPS) is 13.1. The topological polar surface area (TPSA) is 38.0 Å². The van der Waals surface area contributed by atoms with Gasteiger partial charge in [0, 0.05) is 10.5 Å². The molecule has 1 atom stereocenters. The van der Waals surface area contributed by atoms with Crippen molar-refractivity contribution in [1.82, 2.24) is 5.43 Å². The molecule has 1 aromatic carbocycles. The van der Waals surface area contributed by atoms with Crippen molar-refractivity contribution in [1.29, 1.82) is 0 Å². The van der Waals surface area contributed by atoms with Crippen LogP contribution in [0.2, 0.25) is 0 Å². The highest BCUT2D eigenvalue weighted by Gasteiger charge is 2.12. The third-order valence-corrected chi connectivity index (χ3v) is 4.35. The van der Waals surface area contributed by atoms with E-state index in [9.17, 15) is 0 Å². The van der Waals surface area contributed by atoms with E-state index in [1.165, 1.54) is 27.6 Å². The molecule has 0 aliphatic rings. The molecule has 0 spiro atoms. The van der Waals surface area contributed by atoms with Crippen LogP contribution in [0.4, 0.5) is 0 Å². The molecule has 0 heterocycles. The lowest BCUT2D eigenvalue weighted by atomic mass is 9.95. The Kier molecular flexibility index (Phi) is 5.63. The van der Waals surface area contributed by atoms with Gasteiger partial charge in [0.15, 0.2) is 0 Å². The fourth-order valence-corrected chi connectivity index (χ4v) is 2.26. The van der Waals surface area contributed by atoms with E-state index >= 15 is 0 Å². The van der Waals surface area contributed by atoms with Crippen LogP contribution in [-0.2, 0) is 0 Å². The number of nitrogens with one attached hydrogen (secondary N) is 1. The summed E-state index contributed by atoms with van der Waals surface area (Å²) in [5.41, 5.74) is 6.75. The third kappa shape index (κ3) is 4.09. The number of hydrogen-bond acceptors (Lipinski definition) is 2. The largest absolute Gasteiger partial charge is 0.271 e. The Labute approximate surface area is 113 Å². The molecule has 0 amide bonds. The maximum atomic E-state index is 5.67. The van der Waals surface area contributed by atoms with Gasteiger partial charge in [0.25, 0.3) is 0 Å². The van der Waals surface area contributed by atoms with E-state index in [0.29, 0.717) is 5.92 Å². The number of nitrogens with two attached hydrogens (primary N) is 1. The van der Waals surface area contributed by atoms with Crippen molar-refractivity contribution in [2.24, 2.45) is 11.8 Å². The minimum atomic E-state index is 0.253. The molecule has 0 aromatic heterocycles. The first-order valence-corrected chi connectivity index (χ1v) is 6.97. The Morgan fingerprint density at radius 3 is 2.12 bits per heavy atom. The summed E-state index contributed by atoms with van der Waals surface area (Å²) in [6, 6.07) is 4.67. The molecule has 3 N–H and O–H groups in total. The predicted octanol–water partition coefficient (Wildman–Crippen LogP) is 4.01. The van der Waals surface area contributed by atoms with Crippen LogP contribution in [0.25, 0.3) is 0 Å². The van der Waals surface area contributed by atoms with Crippen molar-refractivity contribution in [3.8, 4) is 0 Å². The van der Waals surface area contributed by atoms with Gasteiger partial charge >= 0.3 is 0 Å². The molecule has 0 saturated heterocycles. The Morgan fingerprint density at radius 1 is 1.18 bits per heavy atom. The predicted molar refractivity (Wildman–Crippen MR) is 77.8 cm³/mol. The van der Waals surface area contributed by atoms with Crippen LogP contribution in [0.3, 0.4) is 0 Å². The molecule has 3 heteroatoms. The van der Waals surface area contributed by atoms with Gasteiger partial charge in [-0.15, -0.1) is 0 Å². The number of halogens is 1. The number of hydrogen-bond donors (Lipinski definition) is 2. The molecule has 0 radical (unpaired) electrons. The fraction of sp³-hybridized carbons (Fsp3) is 0.571. The van der Waals surface area contributed by atoms with E-state index in [2.05, 4.69) is 61.2 Å². The van der Waals surface area contributed by atoms with Gasteiger partial charge in [-0.25, -0.2) is 0 Å². The molecule has 96 valence electrons. The average molecular weight is 299 g/mol. The Balaban J connectivity index is 2.88. The SMILES string of the molecule is Cc1cc(C(CCC(C)C)NN)cc(C)c1Br. The van der Waals surface area contributed by atoms with E-state index in [0.717, 1.165) is 6.42 Å². The van der Waals surface area contributed by atoms with Gasteiger partial charge in [-0.1, -0.05) is 41.9 Å². The Hall–Kier alpha value is -0.380. The van der Waals surface area contributed by atoms with E-state index in [1.807, 2.05) is 0 Å². The number of rotatable bonds is 5. The highest BCUT2D eigenvalue weighted by Crippen LogP contribution is 2.27. The monoisotopic (exact) mass is 298 g/mol. The van der Waals surface area contributed by atoms with Crippen LogP contribution >= 0.6 is 15.9 Å². The lowest BCUT2D eigenvalue weighted by molar-refractivity contribution is 0.448. The van der Waals surface area contributed by atoms with Crippen molar-refractivity contribution in [3.63, 3.8) is 0 Å². The Bertz CT molecular complexity index is 351. The van der Waals surface area contributed by atoms with Crippen molar-refractivity contribution in [2.75, 3.05) is 0 Å². The quantitative estimate of drug-likeness (QED) is 0.637. The smallest absolute Gasteiger partial charge is 0.0460 e. The summed E-state index contributed by atoms with van der Waals surface area (Å²) < 4.78 is 1.20. The fourth-order valence-electron chi connectivity index (χ4n) is 2.03. The second-order valence-corrected chi connectivity index (χ2v) is 5.95. The van der Waals surface area contributed by atoms with Crippen LogP contribution in [0.5, 0.6) is 0 Å². The molecular formula is C14H23BrN2. The summed E-state index contributed by atoms with van der Waals surface area (Å²) >= 11 is 3.59. The van der Waals surface area contributed by atoms with Crippen LogP contribution in [-0.4, -0.2) is 0 Å². The molecular weight excluding hydrogens is 276 g/mol. The first-order chi connectivity index (χ1) is 7.95. The second kappa shape index (κ2) is 6.53. The maximum Gasteiger partial charge on any atom is 0.0460 e. The standard InChI is InChI=1S/C14H23BrN2/c1-9(2)5-6-13(17-16)12-7-10(3)14(15)11(4)8-12/h7-9,13,17H,5-6,16H2,1-4H3. The lowest BCUT2D eigenvalue weighted by Crippen LogP contribution is -2.28. The van der Waals surface area contributed by atoms with Crippen LogP contribution in [0, 0.1) is 19.8 Å². The molecule has 0 aliphatic carbocycles. The minimum absolute atomic E-state index is 0.253. The van der Waals surface area contributed by atoms with E-state index < -0.39 is 0 Å². The Morgan fingerprint density at radius 2 is 1.71 bits per heavy atom. The highest BCUT2D eigenvalue weighted by molar-refractivity contribution is 9.10. The molecule has 0 aliphatic heterocycles.